The summed E-state index contributed by atoms with van der Waals surface area (Å²) < 4.78 is 16.1. The molecule has 0 N–H and O–H groups in total. The lowest BCUT2D eigenvalue weighted by atomic mass is 9.88. The van der Waals surface area contributed by atoms with Gasteiger partial charge in [0.2, 0.25) is 0 Å². The number of hydrogen-bond acceptors (Lipinski definition) is 2. The molecule has 1 heterocycles. The van der Waals surface area contributed by atoms with Crippen LogP contribution in [0.5, 0.6) is 0 Å². The van der Waals surface area contributed by atoms with Crippen LogP contribution in [0.2, 0.25) is 13.1 Å². The number of para-hydroxylation sites is 3. The standard InChI is InChI=1S/C57H45FN2Si/c1-36-17-9-13-23-49(36)60(51-25-15-12-22-48(51)58)53-34-38(3)42-29-31-46-52(33-37(2)41-30-32-47(53)57(42)56(41)46)59(50-24-14-10-20-43(50)39-18-7-6-8-19-39)40-27-28-45-44-21-11-16-26-54(44)61(4,5)55(45)35-40/h6-35H,1-5H3. The molecule has 1 aliphatic rings. The second-order valence-electron chi connectivity index (χ2n) is 17.2. The molecule has 4 heteroatoms. The summed E-state index contributed by atoms with van der Waals surface area (Å²) in [5, 5.41) is 10.1. The lowest BCUT2D eigenvalue weighted by molar-refractivity contribution is 0.629. The minimum absolute atomic E-state index is 0.261. The van der Waals surface area contributed by atoms with Gasteiger partial charge in [0, 0.05) is 27.7 Å². The highest BCUT2D eigenvalue weighted by atomic mass is 28.3. The maximum Gasteiger partial charge on any atom is 0.147 e. The molecular formula is C57H45FN2Si. The Kier molecular flexibility index (Phi) is 8.52. The fourth-order valence-electron chi connectivity index (χ4n) is 10.3. The van der Waals surface area contributed by atoms with Crippen molar-refractivity contribution in [3.05, 3.63) is 204 Å². The van der Waals surface area contributed by atoms with Gasteiger partial charge in [-0.25, -0.2) is 4.39 Å². The van der Waals surface area contributed by atoms with Crippen molar-refractivity contribution in [1.82, 2.24) is 0 Å². The van der Waals surface area contributed by atoms with E-state index in [9.17, 15) is 0 Å². The van der Waals surface area contributed by atoms with Crippen LogP contribution in [0.25, 0.3) is 54.6 Å². The zero-order valence-corrected chi connectivity index (χ0v) is 36.1. The zero-order valence-electron chi connectivity index (χ0n) is 35.1. The van der Waals surface area contributed by atoms with Crippen LogP contribution in [-0.2, 0) is 0 Å². The Morgan fingerprint density at radius 1 is 0.377 bits per heavy atom. The van der Waals surface area contributed by atoms with Crippen molar-refractivity contribution in [3.8, 4) is 22.3 Å². The Balaban J connectivity index is 1.22. The van der Waals surface area contributed by atoms with Gasteiger partial charge in [-0.2, -0.15) is 0 Å². The average Bonchev–Trinajstić information content (AvgIpc) is 3.51. The molecule has 11 rings (SSSR count). The summed E-state index contributed by atoms with van der Waals surface area (Å²) >= 11 is 0. The van der Waals surface area contributed by atoms with Gasteiger partial charge >= 0.3 is 0 Å². The topological polar surface area (TPSA) is 6.48 Å². The normalized spacial score (nSPS) is 12.9. The molecule has 0 spiro atoms. The van der Waals surface area contributed by atoms with Gasteiger partial charge in [-0.3, -0.25) is 0 Å². The van der Waals surface area contributed by atoms with Crippen LogP contribution < -0.4 is 20.2 Å². The summed E-state index contributed by atoms with van der Waals surface area (Å²) in [6, 6.07) is 65.0. The third kappa shape index (κ3) is 5.66. The summed E-state index contributed by atoms with van der Waals surface area (Å²) in [4.78, 5) is 4.63. The van der Waals surface area contributed by atoms with E-state index in [1.165, 1.54) is 65.1 Å². The van der Waals surface area contributed by atoms with E-state index in [4.69, 9.17) is 0 Å². The van der Waals surface area contributed by atoms with Gasteiger partial charge in [-0.05, 0) is 135 Å². The fourth-order valence-corrected chi connectivity index (χ4v) is 13.4. The molecule has 10 aromatic carbocycles. The minimum Gasteiger partial charge on any atom is -0.309 e. The number of hydrogen-bond donors (Lipinski definition) is 0. The Morgan fingerprint density at radius 3 is 1.57 bits per heavy atom. The molecule has 2 nitrogen and oxygen atoms in total. The Labute approximate surface area is 358 Å². The Morgan fingerprint density at radius 2 is 0.902 bits per heavy atom. The van der Waals surface area contributed by atoms with Crippen molar-refractivity contribution in [2.24, 2.45) is 0 Å². The first-order valence-corrected chi connectivity index (χ1v) is 24.2. The first kappa shape index (κ1) is 37.0. The van der Waals surface area contributed by atoms with Gasteiger partial charge in [0.25, 0.3) is 0 Å². The summed E-state index contributed by atoms with van der Waals surface area (Å²) in [7, 11) is -2.00. The molecule has 0 fully saturated rings. The van der Waals surface area contributed by atoms with Gasteiger partial charge < -0.3 is 9.80 Å². The highest BCUT2D eigenvalue weighted by molar-refractivity contribution is 7.03. The quantitative estimate of drug-likeness (QED) is 0.117. The van der Waals surface area contributed by atoms with Crippen LogP contribution >= 0.6 is 0 Å². The van der Waals surface area contributed by atoms with Crippen LogP contribution in [-0.4, -0.2) is 8.07 Å². The summed E-state index contributed by atoms with van der Waals surface area (Å²) in [5.41, 5.74) is 14.3. The maximum absolute atomic E-state index is 16.1. The number of fused-ring (bicyclic) bond motifs is 3. The second kappa shape index (κ2) is 14.0. The van der Waals surface area contributed by atoms with E-state index in [0.717, 1.165) is 45.0 Å². The molecule has 0 aliphatic carbocycles. The third-order valence-corrected chi connectivity index (χ3v) is 16.8. The Bertz CT molecular complexity index is 3310. The van der Waals surface area contributed by atoms with E-state index < -0.39 is 8.07 Å². The molecule has 0 saturated heterocycles. The number of aryl methyl sites for hydroxylation is 3. The largest absolute Gasteiger partial charge is 0.309 e. The molecule has 1 aliphatic heterocycles. The highest BCUT2D eigenvalue weighted by Gasteiger charge is 2.38. The van der Waals surface area contributed by atoms with E-state index in [-0.39, 0.29) is 5.82 Å². The predicted octanol–water partition coefficient (Wildman–Crippen LogP) is 15.1. The smallest absolute Gasteiger partial charge is 0.147 e. The Hall–Kier alpha value is -7.01. The number of halogens is 1. The summed E-state index contributed by atoms with van der Waals surface area (Å²) in [5.74, 6) is -0.261. The molecule has 0 amide bonds. The molecule has 10 aromatic rings. The van der Waals surface area contributed by atoms with Crippen molar-refractivity contribution in [1.29, 1.82) is 0 Å². The minimum atomic E-state index is -2.00. The number of benzene rings is 10. The van der Waals surface area contributed by atoms with Crippen LogP contribution in [0.1, 0.15) is 16.7 Å². The maximum atomic E-state index is 16.1. The average molecular weight is 805 g/mol. The molecule has 0 unspecified atom stereocenters. The highest BCUT2D eigenvalue weighted by Crippen LogP contribution is 2.51. The van der Waals surface area contributed by atoms with Crippen molar-refractivity contribution < 1.29 is 4.39 Å². The molecule has 0 atom stereocenters. The van der Waals surface area contributed by atoms with Crippen LogP contribution in [0.3, 0.4) is 0 Å². The first-order chi connectivity index (χ1) is 29.7. The lowest BCUT2D eigenvalue weighted by Gasteiger charge is -2.32. The van der Waals surface area contributed by atoms with Crippen molar-refractivity contribution in [3.63, 3.8) is 0 Å². The van der Waals surface area contributed by atoms with E-state index in [0.29, 0.717) is 5.69 Å². The molecule has 0 bridgehead atoms. The van der Waals surface area contributed by atoms with E-state index >= 15 is 4.39 Å². The van der Waals surface area contributed by atoms with Gasteiger partial charge in [0.05, 0.1) is 22.7 Å². The van der Waals surface area contributed by atoms with Crippen LogP contribution in [0.4, 0.5) is 38.5 Å². The number of rotatable bonds is 7. The summed E-state index contributed by atoms with van der Waals surface area (Å²) in [6.07, 6.45) is 0. The third-order valence-electron chi connectivity index (χ3n) is 13.3. The van der Waals surface area contributed by atoms with E-state index in [1.807, 2.05) is 24.3 Å². The lowest BCUT2D eigenvalue weighted by Crippen LogP contribution is -2.49. The van der Waals surface area contributed by atoms with Crippen molar-refractivity contribution in [2.75, 3.05) is 9.80 Å². The second-order valence-corrected chi connectivity index (χ2v) is 21.5. The molecule has 294 valence electrons. The van der Waals surface area contributed by atoms with Crippen LogP contribution in [0, 0.1) is 26.6 Å². The van der Waals surface area contributed by atoms with Gasteiger partial charge in [0.1, 0.15) is 13.9 Å². The monoisotopic (exact) mass is 804 g/mol. The molecule has 0 saturated carbocycles. The van der Waals surface area contributed by atoms with Gasteiger partial charge in [0.15, 0.2) is 0 Å². The van der Waals surface area contributed by atoms with Gasteiger partial charge in [-0.1, -0.05) is 147 Å². The number of anilines is 6. The number of nitrogens with zero attached hydrogens (tertiary/aromatic N) is 2. The van der Waals surface area contributed by atoms with Crippen LogP contribution in [0.15, 0.2) is 182 Å². The molecule has 0 radical (unpaired) electrons. The summed E-state index contributed by atoms with van der Waals surface area (Å²) in [6.45, 7) is 11.5. The van der Waals surface area contributed by atoms with E-state index in [2.05, 4.69) is 189 Å². The molecular weight excluding hydrogens is 760 g/mol. The van der Waals surface area contributed by atoms with Crippen molar-refractivity contribution in [2.45, 2.75) is 33.9 Å². The van der Waals surface area contributed by atoms with Crippen molar-refractivity contribution >= 4 is 84.9 Å². The zero-order chi connectivity index (χ0) is 41.6. The van der Waals surface area contributed by atoms with Gasteiger partial charge in [-0.15, -0.1) is 0 Å². The fraction of sp³-hybridized carbons (Fsp3) is 0.0877. The molecule has 61 heavy (non-hydrogen) atoms. The predicted molar refractivity (Wildman–Crippen MR) is 261 cm³/mol. The molecule has 0 aromatic heterocycles. The first-order valence-electron chi connectivity index (χ1n) is 21.2. The SMILES string of the molecule is Cc1ccccc1N(c1ccccc1F)c1cc(C)c2ccc3c(N(c4ccc5c(c4)[Si](C)(C)c4ccccc4-5)c4ccccc4-c4ccccc4)cc(C)c4ccc1c2c43. The van der Waals surface area contributed by atoms with E-state index in [1.54, 1.807) is 12.1 Å².